The summed E-state index contributed by atoms with van der Waals surface area (Å²) in [5.74, 6) is 1.28. The average molecular weight is 270 g/mol. The summed E-state index contributed by atoms with van der Waals surface area (Å²) in [5.41, 5.74) is 0. The van der Waals surface area contributed by atoms with Gasteiger partial charge in [-0.25, -0.2) is 0 Å². The maximum Gasteiger partial charge on any atom is 0.237 e. The van der Waals surface area contributed by atoms with E-state index in [-0.39, 0.29) is 11.9 Å². The molecule has 0 saturated carbocycles. The van der Waals surface area contributed by atoms with Gasteiger partial charge in [-0.1, -0.05) is 19.4 Å². The van der Waals surface area contributed by atoms with Crippen LogP contribution in [-0.2, 0) is 4.79 Å². The Hall–Kier alpha value is -0.480. The molecule has 1 fully saturated rings. The van der Waals surface area contributed by atoms with E-state index in [1.165, 1.54) is 19.3 Å². The first-order valence-corrected chi connectivity index (χ1v) is 7.98. The summed E-state index contributed by atoms with van der Waals surface area (Å²) in [5, 5.41) is 3.58. The SMILES string of the molecule is C=CCNC(=O)[C@@H](C)N1CCCC[C@H](SCC)C1. The molecule has 4 heteroatoms. The number of hydrogen-bond donors (Lipinski definition) is 1. The molecule has 0 aromatic rings. The van der Waals surface area contributed by atoms with Gasteiger partial charge in [-0.2, -0.15) is 11.8 Å². The Morgan fingerprint density at radius 1 is 1.61 bits per heavy atom. The highest BCUT2D eigenvalue weighted by molar-refractivity contribution is 7.99. The maximum atomic E-state index is 12.0. The number of nitrogens with one attached hydrogen (secondary N) is 1. The molecular weight excluding hydrogens is 244 g/mol. The van der Waals surface area contributed by atoms with E-state index in [4.69, 9.17) is 0 Å². The first-order chi connectivity index (χ1) is 8.69. The lowest BCUT2D eigenvalue weighted by Gasteiger charge is -2.29. The molecule has 1 aliphatic rings. The molecule has 0 aromatic carbocycles. The standard InChI is InChI=1S/C14H26N2OS/c1-4-9-15-14(17)12(3)16-10-7-6-8-13(11-16)18-5-2/h4,12-13H,1,5-11H2,2-3H3,(H,15,17)/t12-,13+/m1/s1. The molecule has 1 amide bonds. The number of carbonyl (C=O) groups excluding carboxylic acids is 1. The zero-order valence-electron chi connectivity index (χ0n) is 11.7. The predicted octanol–water partition coefficient (Wildman–Crippen LogP) is 2.28. The van der Waals surface area contributed by atoms with Crippen LogP contribution in [0, 0.1) is 0 Å². The summed E-state index contributed by atoms with van der Waals surface area (Å²) < 4.78 is 0. The highest BCUT2D eigenvalue weighted by Crippen LogP contribution is 2.23. The van der Waals surface area contributed by atoms with Crippen LogP contribution in [0.15, 0.2) is 12.7 Å². The molecule has 1 heterocycles. The van der Waals surface area contributed by atoms with Gasteiger partial charge in [-0.15, -0.1) is 6.58 Å². The molecule has 0 aliphatic carbocycles. The van der Waals surface area contributed by atoms with Gasteiger partial charge in [0.25, 0.3) is 0 Å². The van der Waals surface area contributed by atoms with E-state index >= 15 is 0 Å². The normalized spacial score (nSPS) is 23.1. The summed E-state index contributed by atoms with van der Waals surface area (Å²) in [4.78, 5) is 14.3. The second-order valence-electron chi connectivity index (χ2n) is 4.78. The molecule has 1 rings (SSSR count). The minimum absolute atomic E-state index is 0.0250. The van der Waals surface area contributed by atoms with E-state index < -0.39 is 0 Å². The summed E-state index contributed by atoms with van der Waals surface area (Å²) in [6.45, 7) is 10.5. The van der Waals surface area contributed by atoms with Gasteiger partial charge in [0.05, 0.1) is 6.04 Å². The quantitative estimate of drug-likeness (QED) is 0.752. The van der Waals surface area contributed by atoms with Gasteiger partial charge in [0.1, 0.15) is 0 Å². The summed E-state index contributed by atoms with van der Waals surface area (Å²) >= 11 is 2.03. The first kappa shape index (κ1) is 15.6. The van der Waals surface area contributed by atoms with E-state index in [0.717, 1.165) is 18.8 Å². The minimum atomic E-state index is -0.0250. The molecule has 0 bridgehead atoms. The van der Waals surface area contributed by atoms with Gasteiger partial charge in [0, 0.05) is 18.3 Å². The number of rotatable bonds is 6. The van der Waals surface area contributed by atoms with Crippen molar-refractivity contribution in [3.05, 3.63) is 12.7 Å². The molecule has 18 heavy (non-hydrogen) atoms. The molecule has 3 nitrogen and oxygen atoms in total. The van der Waals surface area contributed by atoms with E-state index in [2.05, 4.69) is 23.7 Å². The monoisotopic (exact) mass is 270 g/mol. The number of hydrogen-bond acceptors (Lipinski definition) is 3. The van der Waals surface area contributed by atoms with Crippen molar-refractivity contribution in [1.82, 2.24) is 10.2 Å². The van der Waals surface area contributed by atoms with E-state index in [1.54, 1.807) is 6.08 Å². The highest BCUT2D eigenvalue weighted by atomic mass is 32.2. The lowest BCUT2D eigenvalue weighted by Crippen LogP contribution is -2.47. The highest BCUT2D eigenvalue weighted by Gasteiger charge is 2.25. The van der Waals surface area contributed by atoms with Crippen molar-refractivity contribution in [3.8, 4) is 0 Å². The number of thioether (sulfide) groups is 1. The van der Waals surface area contributed by atoms with Crippen LogP contribution in [-0.4, -0.2) is 47.5 Å². The van der Waals surface area contributed by atoms with Crippen molar-refractivity contribution in [2.24, 2.45) is 0 Å². The molecular formula is C14H26N2OS. The summed E-state index contributed by atoms with van der Waals surface area (Å²) in [6.07, 6.45) is 5.51. The molecule has 104 valence electrons. The summed E-state index contributed by atoms with van der Waals surface area (Å²) in [6, 6.07) is -0.0250. The van der Waals surface area contributed by atoms with E-state index in [0.29, 0.717) is 11.8 Å². The second kappa shape index (κ2) is 8.59. The molecule has 0 radical (unpaired) electrons. The zero-order valence-corrected chi connectivity index (χ0v) is 12.5. The minimum Gasteiger partial charge on any atom is -0.351 e. The first-order valence-electron chi connectivity index (χ1n) is 6.93. The second-order valence-corrected chi connectivity index (χ2v) is 6.36. The van der Waals surface area contributed by atoms with Crippen molar-refractivity contribution in [3.63, 3.8) is 0 Å². The van der Waals surface area contributed by atoms with Gasteiger partial charge in [0.15, 0.2) is 0 Å². The van der Waals surface area contributed by atoms with E-state index in [1.807, 2.05) is 18.7 Å². The third-order valence-electron chi connectivity index (χ3n) is 3.41. The van der Waals surface area contributed by atoms with Crippen molar-refractivity contribution in [2.45, 2.75) is 44.4 Å². The number of nitrogens with zero attached hydrogens (tertiary/aromatic N) is 1. The van der Waals surface area contributed by atoms with Crippen LogP contribution in [0.2, 0.25) is 0 Å². The van der Waals surface area contributed by atoms with Gasteiger partial charge < -0.3 is 5.32 Å². The van der Waals surface area contributed by atoms with Crippen molar-refractivity contribution in [2.75, 3.05) is 25.4 Å². The van der Waals surface area contributed by atoms with Crippen LogP contribution in [0.4, 0.5) is 0 Å². The molecule has 1 saturated heterocycles. The Bertz CT molecular complexity index is 271. The summed E-state index contributed by atoms with van der Waals surface area (Å²) in [7, 11) is 0. The fourth-order valence-electron chi connectivity index (χ4n) is 2.34. The Labute approximate surface area is 115 Å². The Morgan fingerprint density at radius 3 is 3.06 bits per heavy atom. The topological polar surface area (TPSA) is 32.3 Å². The smallest absolute Gasteiger partial charge is 0.237 e. The number of amides is 1. The Balaban J connectivity index is 2.50. The fourth-order valence-corrected chi connectivity index (χ4v) is 3.44. The van der Waals surface area contributed by atoms with Gasteiger partial charge >= 0.3 is 0 Å². The molecule has 0 spiro atoms. The Kier molecular flexibility index (Phi) is 7.44. The third-order valence-corrected chi connectivity index (χ3v) is 4.60. The average Bonchev–Trinajstić information content (AvgIpc) is 2.61. The largest absolute Gasteiger partial charge is 0.351 e. The number of likely N-dealkylation sites (tertiary alicyclic amines) is 1. The van der Waals surface area contributed by atoms with Crippen LogP contribution >= 0.6 is 11.8 Å². The molecule has 0 aromatic heterocycles. The van der Waals surface area contributed by atoms with Crippen LogP contribution < -0.4 is 5.32 Å². The predicted molar refractivity (Wildman–Crippen MR) is 80.0 cm³/mol. The van der Waals surface area contributed by atoms with Crippen molar-refractivity contribution < 1.29 is 4.79 Å². The zero-order chi connectivity index (χ0) is 13.4. The van der Waals surface area contributed by atoms with Gasteiger partial charge in [-0.3, -0.25) is 9.69 Å². The van der Waals surface area contributed by atoms with Crippen LogP contribution in [0.25, 0.3) is 0 Å². The fraction of sp³-hybridized carbons (Fsp3) is 0.786. The number of carbonyl (C=O) groups is 1. The van der Waals surface area contributed by atoms with E-state index in [9.17, 15) is 4.79 Å². The Morgan fingerprint density at radius 2 is 2.39 bits per heavy atom. The molecule has 1 N–H and O–H groups in total. The van der Waals surface area contributed by atoms with Crippen LogP contribution in [0.3, 0.4) is 0 Å². The van der Waals surface area contributed by atoms with Crippen LogP contribution in [0.1, 0.15) is 33.1 Å². The van der Waals surface area contributed by atoms with Crippen molar-refractivity contribution >= 4 is 17.7 Å². The lowest BCUT2D eigenvalue weighted by atomic mass is 10.2. The third kappa shape index (κ3) is 5.02. The molecule has 1 aliphatic heterocycles. The van der Waals surface area contributed by atoms with Gasteiger partial charge in [0.2, 0.25) is 5.91 Å². The van der Waals surface area contributed by atoms with Crippen LogP contribution in [0.5, 0.6) is 0 Å². The molecule has 2 atom stereocenters. The van der Waals surface area contributed by atoms with Gasteiger partial charge in [-0.05, 0) is 32.1 Å². The molecule has 0 unspecified atom stereocenters. The maximum absolute atomic E-state index is 12.0. The van der Waals surface area contributed by atoms with Crippen molar-refractivity contribution in [1.29, 1.82) is 0 Å². The lowest BCUT2D eigenvalue weighted by molar-refractivity contribution is -0.125.